The zero-order valence-electron chi connectivity index (χ0n) is 8.14. The van der Waals surface area contributed by atoms with Gasteiger partial charge in [-0.15, -0.1) is 0 Å². The largest absolute Gasteiger partial charge is 0.356 e. The standard InChI is InChI=1S/C8H5BrN4O3S/c9-4-1-5(10-2-4)7(14)12-8-11-3-6(17-8)13(15)16/h1-3,10H,(H,11,12,14). The molecular weight excluding hydrogens is 312 g/mol. The van der Waals surface area contributed by atoms with Crippen molar-refractivity contribution in [2.75, 3.05) is 5.32 Å². The van der Waals surface area contributed by atoms with Crippen molar-refractivity contribution in [3.8, 4) is 0 Å². The van der Waals surface area contributed by atoms with Crippen LogP contribution in [0, 0.1) is 10.1 Å². The highest BCUT2D eigenvalue weighted by molar-refractivity contribution is 9.10. The van der Waals surface area contributed by atoms with E-state index in [0.29, 0.717) is 5.69 Å². The molecule has 0 aliphatic carbocycles. The summed E-state index contributed by atoms with van der Waals surface area (Å²) in [6, 6.07) is 1.59. The fourth-order valence-corrected chi connectivity index (χ4v) is 2.04. The van der Waals surface area contributed by atoms with Crippen molar-refractivity contribution in [3.63, 3.8) is 0 Å². The van der Waals surface area contributed by atoms with E-state index in [0.717, 1.165) is 22.0 Å². The van der Waals surface area contributed by atoms with E-state index in [1.54, 1.807) is 12.3 Å². The number of rotatable bonds is 3. The quantitative estimate of drug-likeness (QED) is 0.670. The molecule has 0 aliphatic heterocycles. The zero-order chi connectivity index (χ0) is 12.4. The van der Waals surface area contributed by atoms with Crippen LogP contribution in [-0.4, -0.2) is 20.8 Å². The van der Waals surface area contributed by atoms with Crippen molar-refractivity contribution in [2.45, 2.75) is 0 Å². The van der Waals surface area contributed by atoms with Crippen molar-refractivity contribution >= 4 is 43.3 Å². The van der Waals surface area contributed by atoms with Crippen LogP contribution in [0.4, 0.5) is 10.1 Å². The van der Waals surface area contributed by atoms with Gasteiger partial charge < -0.3 is 4.98 Å². The number of halogens is 1. The maximum absolute atomic E-state index is 11.6. The van der Waals surface area contributed by atoms with Crippen molar-refractivity contribution in [1.82, 2.24) is 9.97 Å². The summed E-state index contributed by atoms with van der Waals surface area (Å²) in [5, 5.41) is 13.0. The molecular formula is C8H5BrN4O3S. The van der Waals surface area contributed by atoms with Crippen LogP contribution >= 0.6 is 27.3 Å². The Hall–Kier alpha value is -1.74. The summed E-state index contributed by atoms with van der Waals surface area (Å²) in [5.74, 6) is -0.403. The molecule has 0 atom stereocenters. The lowest BCUT2D eigenvalue weighted by atomic mass is 10.4. The highest BCUT2D eigenvalue weighted by Crippen LogP contribution is 2.25. The summed E-state index contributed by atoms with van der Waals surface area (Å²) >= 11 is 4.00. The van der Waals surface area contributed by atoms with Crippen LogP contribution in [0.3, 0.4) is 0 Å². The third kappa shape index (κ3) is 2.68. The zero-order valence-corrected chi connectivity index (χ0v) is 10.5. The predicted molar refractivity (Wildman–Crippen MR) is 65.2 cm³/mol. The third-order valence-corrected chi connectivity index (χ3v) is 3.11. The van der Waals surface area contributed by atoms with E-state index in [4.69, 9.17) is 0 Å². The molecule has 2 heterocycles. The van der Waals surface area contributed by atoms with E-state index in [-0.39, 0.29) is 10.1 Å². The molecule has 7 nitrogen and oxygen atoms in total. The lowest BCUT2D eigenvalue weighted by Crippen LogP contribution is -2.11. The Morgan fingerprint density at radius 1 is 1.65 bits per heavy atom. The molecule has 2 N–H and O–H groups in total. The van der Waals surface area contributed by atoms with Crippen LogP contribution in [0.15, 0.2) is 22.9 Å². The molecule has 2 aromatic heterocycles. The van der Waals surface area contributed by atoms with Gasteiger partial charge in [-0.05, 0) is 33.3 Å². The number of nitrogens with one attached hydrogen (secondary N) is 2. The number of hydrogen-bond acceptors (Lipinski definition) is 5. The fourth-order valence-electron chi connectivity index (χ4n) is 1.07. The number of aromatic amines is 1. The summed E-state index contributed by atoms with van der Waals surface area (Å²) in [6.07, 6.45) is 2.71. The van der Waals surface area contributed by atoms with Gasteiger partial charge in [0.25, 0.3) is 5.91 Å². The van der Waals surface area contributed by atoms with Gasteiger partial charge >= 0.3 is 5.00 Å². The summed E-state index contributed by atoms with van der Waals surface area (Å²) in [7, 11) is 0. The molecule has 9 heteroatoms. The number of nitro groups is 1. The number of H-pyrrole nitrogens is 1. The Bertz CT molecular complexity index is 579. The van der Waals surface area contributed by atoms with Gasteiger partial charge in [0.05, 0.1) is 4.92 Å². The monoisotopic (exact) mass is 316 g/mol. The second-order valence-corrected chi connectivity index (χ2v) is 4.87. The molecule has 0 aromatic carbocycles. The second-order valence-electron chi connectivity index (χ2n) is 2.95. The predicted octanol–water partition coefficient (Wildman–Crippen LogP) is 2.39. The number of aromatic nitrogens is 2. The van der Waals surface area contributed by atoms with Crippen LogP contribution < -0.4 is 5.32 Å². The first-order chi connectivity index (χ1) is 8.06. The normalized spacial score (nSPS) is 10.2. The van der Waals surface area contributed by atoms with Gasteiger partial charge in [-0.2, -0.15) is 0 Å². The van der Waals surface area contributed by atoms with Gasteiger partial charge in [-0.1, -0.05) is 0 Å². The first kappa shape index (κ1) is 11.7. The van der Waals surface area contributed by atoms with Gasteiger partial charge in [0.1, 0.15) is 11.9 Å². The maximum atomic E-state index is 11.6. The minimum Gasteiger partial charge on any atom is -0.356 e. The van der Waals surface area contributed by atoms with Crippen molar-refractivity contribution in [3.05, 3.63) is 38.7 Å². The van der Waals surface area contributed by atoms with Gasteiger partial charge in [0.2, 0.25) is 0 Å². The number of carbonyl (C=O) groups excluding carboxylic acids is 1. The Morgan fingerprint density at radius 3 is 2.94 bits per heavy atom. The molecule has 0 saturated heterocycles. The topological polar surface area (TPSA) is 101 Å². The van der Waals surface area contributed by atoms with Gasteiger partial charge in [0.15, 0.2) is 5.13 Å². The average molecular weight is 317 g/mol. The van der Waals surface area contributed by atoms with Gasteiger partial charge in [0, 0.05) is 10.7 Å². The van der Waals surface area contributed by atoms with Crippen molar-refractivity contribution in [1.29, 1.82) is 0 Å². The van der Waals surface area contributed by atoms with Gasteiger partial charge in [-0.25, -0.2) is 4.98 Å². The smallest absolute Gasteiger partial charge is 0.345 e. The molecule has 0 spiro atoms. The Labute approximate surface area is 107 Å². The molecule has 2 rings (SSSR count). The highest BCUT2D eigenvalue weighted by Gasteiger charge is 2.15. The number of thiazole rings is 1. The van der Waals surface area contributed by atoms with Crippen molar-refractivity contribution in [2.24, 2.45) is 0 Å². The van der Waals surface area contributed by atoms with Crippen LogP contribution in [-0.2, 0) is 0 Å². The highest BCUT2D eigenvalue weighted by atomic mass is 79.9. The molecule has 0 unspecified atom stereocenters. The Morgan fingerprint density at radius 2 is 2.41 bits per heavy atom. The number of carbonyl (C=O) groups is 1. The van der Waals surface area contributed by atoms with Crippen LogP contribution in [0.1, 0.15) is 10.5 Å². The average Bonchev–Trinajstić information content (AvgIpc) is 2.86. The molecule has 0 radical (unpaired) electrons. The van der Waals surface area contributed by atoms with E-state index in [1.807, 2.05) is 0 Å². The number of nitrogens with zero attached hydrogens (tertiary/aromatic N) is 2. The molecule has 17 heavy (non-hydrogen) atoms. The lowest BCUT2D eigenvalue weighted by molar-refractivity contribution is -0.380. The molecule has 0 bridgehead atoms. The van der Waals surface area contributed by atoms with E-state index in [9.17, 15) is 14.9 Å². The minimum atomic E-state index is -0.557. The molecule has 0 saturated carbocycles. The van der Waals surface area contributed by atoms with E-state index < -0.39 is 10.8 Å². The molecule has 0 aliphatic rings. The Balaban J connectivity index is 2.10. The first-order valence-electron chi connectivity index (χ1n) is 4.32. The molecule has 0 fully saturated rings. The summed E-state index contributed by atoms with van der Waals surface area (Å²) < 4.78 is 0.743. The van der Waals surface area contributed by atoms with Crippen LogP contribution in [0.25, 0.3) is 0 Å². The maximum Gasteiger partial charge on any atom is 0.345 e. The SMILES string of the molecule is O=C(Nc1ncc([N+](=O)[O-])s1)c1cc(Br)c[nH]1. The van der Waals surface area contributed by atoms with E-state index in [1.165, 1.54) is 0 Å². The molecule has 2 aromatic rings. The lowest BCUT2D eigenvalue weighted by Gasteiger charge is -1.96. The van der Waals surface area contributed by atoms with E-state index in [2.05, 4.69) is 31.2 Å². The Kier molecular flexibility index (Phi) is 3.20. The molecule has 1 amide bonds. The minimum absolute atomic E-state index is 0.118. The van der Waals surface area contributed by atoms with E-state index >= 15 is 0 Å². The summed E-state index contributed by atoms with van der Waals surface area (Å²) in [6.45, 7) is 0. The number of amides is 1. The fraction of sp³-hybridized carbons (Fsp3) is 0. The summed E-state index contributed by atoms with van der Waals surface area (Å²) in [4.78, 5) is 28.0. The number of hydrogen-bond donors (Lipinski definition) is 2. The third-order valence-electron chi connectivity index (χ3n) is 1.79. The van der Waals surface area contributed by atoms with Gasteiger partial charge in [-0.3, -0.25) is 20.2 Å². The molecule has 88 valence electrons. The number of anilines is 1. The van der Waals surface area contributed by atoms with Crippen molar-refractivity contribution < 1.29 is 9.72 Å². The first-order valence-corrected chi connectivity index (χ1v) is 5.92. The summed E-state index contributed by atoms with van der Waals surface area (Å²) in [5.41, 5.74) is 0.342. The second kappa shape index (κ2) is 4.63. The van der Waals surface area contributed by atoms with Crippen LogP contribution in [0.5, 0.6) is 0 Å². The van der Waals surface area contributed by atoms with Crippen LogP contribution in [0.2, 0.25) is 0 Å².